The molecule has 0 saturated carbocycles. The van der Waals surface area contributed by atoms with Crippen LogP contribution in [0.4, 0.5) is 5.82 Å². The lowest BCUT2D eigenvalue weighted by Crippen LogP contribution is -2.19. The van der Waals surface area contributed by atoms with Crippen LogP contribution in [-0.4, -0.2) is 17.3 Å². The maximum atomic E-state index is 9.08. The Labute approximate surface area is 102 Å². The zero-order valence-electron chi connectivity index (χ0n) is 10.7. The van der Waals surface area contributed by atoms with Gasteiger partial charge in [-0.15, -0.1) is 0 Å². The van der Waals surface area contributed by atoms with Crippen LogP contribution in [0.2, 0.25) is 0 Å². The molecule has 0 bridgehead atoms. The van der Waals surface area contributed by atoms with Gasteiger partial charge >= 0.3 is 0 Å². The van der Waals surface area contributed by atoms with E-state index in [1.165, 1.54) is 0 Å². The molecule has 1 fully saturated rings. The minimum atomic E-state index is 0.280. The van der Waals surface area contributed by atoms with Crippen molar-refractivity contribution in [2.75, 3.05) is 12.3 Å². The topological polar surface area (TPSA) is 64.0 Å². The maximum Gasteiger partial charge on any atom is 0.122 e. The quantitative estimate of drug-likeness (QED) is 0.849. The summed E-state index contributed by atoms with van der Waals surface area (Å²) in [7, 11) is 0. The number of hydrogen-bond acceptors (Lipinski definition) is 3. The molecule has 17 heavy (non-hydrogen) atoms. The van der Waals surface area contributed by atoms with E-state index in [-0.39, 0.29) is 6.10 Å². The van der Waals surface area contributed by atoms with Crippen LogP contribution in [0.25, 0.3) is 0 Å². The smallest absolute Gasteiger partial charge is 0.122 e. The first-order valence-corrected chi connectivity index (χ1v) is 6.03. The molecule has 0 amide bonds. The van der Waals surface area contributed by atoms with E-state index in [1.807, 2.05) is 13.8 Å². The summed E-state index contributed by atoms with van der Waals surface area (Å²) in [6.45, 7) is 7.75. The first kappa shape index (κ1) is 12.0. The average Bonchev–Trinajstić information content (AvgIpc) is 2.78. The van der Waals surface area contributed by atoms with Gasteiger partial charge in [0.05, 0.1) is 11.7 Å². The molecule has 2 unspecified atom stereocenters. The highest BCUT2D eigenvalue weighted by atomic mass is 16.5. The highest BCUT2D eigenvalue weighted by molar-refractivity contribution is 5.57. The Balaban J connectivity index is 2.30. The van der Waals surface area contributed by atoms with Gasteiger partial charge in [-0.1, -0.05) is 0 Å². The lowest BCUT2D eigenvalue weighted by atomic mass is 10.0. The molecular formula is C13H19N3O. The van der Waals surface area contributed by atoms with E-state index in [9.17, 15) is 0 Å². The molecule has 0 aromatic carbocycles. The molecular weight excluding hydrogens is 214 g/mol. The first-order chi connectivity index (χ1) is 8.06. The number of rotatable bonds is 2. The first-order valence-electron chi connectivity index (χ1n) is 6.03. The number of anilines is 1. The third kappa shape index (κ3) is 1.91. The fourth-order valence-electron chi connectivity index (χ4n) is 2.52. The predicted octanol–water partition coefficient (Wildman–Crippen LogP) is 1.98. The molecule has 1 aromatic heterocycles. The number of aromatic nitrogens is 1. The Bertz CT molecular complexity index is 470. The fraction of sp³-hybridized carbons (Fsp3) is 0.615. The van der Waals surface area contributed by atoms with E-state index in [0.29, 0.717) is 17.3 Å². The molecule has 2 atom stereocenters. The number of ether oxygens (including phenoxy) is 1. The Morgan fingerprint density at radius 3 is 2.71 bits per heavy atom. The van der Waals surface area contributed by atoms with E-state index in [1.54, 1.807) is 0 Å². The van der Waals surface area contributed by atoms with Gasteiger partial charge in [-0.25, -0.2) is 0 Å². The molecule has 1 saturated heterocycles. The van der Waals surface area contributed by atoms with Crippen molar-refractivity contribution in [1.29, 1.82) is 5.26 Å². The minimum absolute atomic E-state index is 0.280. The van der Waals surface area contributed by atoms with Crippen LogP contribution in [-0.2, 0) is 11.3 Å². The van der Waals surface area contributed by atoms with E-state index in [0.717, 1.165) is 30.8 Å². The highest BCUT2D eigenvalue weighted by Gasteiger charge is 2.26. The van der Waals surface area contributed by atoms with Gasteiger partial charge in [0, 0.05) is 24.8 Å². The number of nitrogens with two attached hydrogens (primary N) is 1. The van der Waals surface area contributed by atoms with Crippen LogP contribution in [0.1, 0.15) is 30.2 Å². The van der Waals surface area contributed by atoms with Gasteiger partial charge in [0.1, 0.15) is 11.9 Å². The number of nitriles is 1. The minimum Gasteiger partial charge on any atom is -0.384 e. The van der Waals surface area contributed by atoms with Crippen LogP contribution < -0.4 is 5.73 Å². The summed E-state index contributed by atoms with van der Waals surface area (Å²) in [6, 6.07) is 2.18. The predicted molar refractivity (Wildman–Crippen MR) is 66.6 cm³/mol. The second kappa shape index (κ2) is 4.42. The van der Waals surface area contributed by atoms with Crippen molar-refractivity contribution in [1.82, 2.24) is 4.57 Å². The summed E-state index contributed by atoms with van der Waals surface area (Å²) >= 11 is 0. The number of nitrogen functional groups attached to an aromatic ring is 1. The number of hydrogen-bond donors (Lipinski definition) is 1. The summed E-state index contributed by atoms with van der Waals surface area (Å²) in [6.07, 6.45) is 1.35. The molecule has 0 radical (unpaired) electrons. The maximum absolute atomic E-state index is 9.08. The van der Waals surface area contributed by atoms with E-state index < -0.39 is 0 Å². The molecule has 92 valence electrons. The monoisotopic (exact) mass is 233 g/mol. The van der Waals surface area contributed by atoms with Crippen LogP contribution >= 0.6 is 0 Å². The van der Waals surface area contributed by atoms with Crippen molar-refractivity contribution >= 4 is 5.82 Å². The molecule has 2 heterocycles. The Morgan fingerprint density at radius 2 is 2.24 bits per heavy atom. The number of nitrogens with zero attached hydrogens (tertiary/aromatic N) is 2. The summed E-state index contributed by atoms with van der Waals surface area (Å²) < 4.78 is 7.62. The van der Waals surface area contributed by atoms with Crippen molar-refractivity contribution in [2.24, 2.45) is 5.92 Å². The van der Waals surface area contributed by atoms with Crippen molar-refractivity contribution in [2.45, 2.75) is 39.8 Å². The third-order valence-electron chi connectivity index (χ3n) is 3.93. The van der Waals surface area contributed by atoms with Crippen molar-refractivity contribution in [3.63, 3.8) is 0 Å². The molecule has 1 aliphatic heterocycles. The summed E-state index contributed by atoms with van der Waals surface area (Å²) in [4.78, 5) is 0. The molecule has 2 rings (SSSR count). The van der Waals surface area contributed by atoms with Gasteiger partial charge in [-0.2, -0.15) is 5.26 Å². The average molecular weight is 233 g/mol. The highest BCUT2D eigenvalue weighted by Crippen LogP contribution is 2.28. The van der Waals surface area contributed by atoms with Gasteiger partial charge in [0.2, 0.25) is 0 Å². The van der Waals surface area contributed by atoms with Gasteiger partial charge in [-0.3, -0.25) is 0 Å². The zero-order valence-corrected chi connectivity index (χ0v) is 10.7. The zero-order chi connectivity index (χ0) is 12.6. The van der Waals surface area contributed by atoms with Crippen molar-refractivity contribution < 1.29 is 4.74 Å². The standard InChI is InChI=1S/C13H19N3O/c1-8-9(2)16(13(15)12(8)6-14)7-11-4-5-17-10(11)3/h10-11H,4-5,7,15H2,1-3H3. The van der Waals surface area contributed by atoms with Gasteiger partial charge < -0.3 is 15.0 Å². The van der Waals surface area contributed by atoms with Gasteiger partial charge in [0.15, 0.2) is 0 Å². The van der Waals surface area contributed by atoms with E-state index in [2.05, 4.69) is 17.6 Å². The van der Waals surface area contributed by atoms with Crippen LogP contribution in [0.3, 0.4) is 0 Å². The van der Waals surface area contributed by atoms with Crippen LogP contribution in [0.15, 0.2) is 0 Å². The Morgan fingerprint density at radius 1 is 1.53 bits per heavy atom. The molecule has 0 spiro atoms. The molecule has 4 heteroatoms. The summed E-state index contributed by atoms with van der Waals surface area (Å²) in [5.41, 5.74) is 8.75. The molecule has 4 nitrogen and oxygen atoms in total. The largest absolute Gasteiger partial charge is 0.384 e. The summed E-state index contributed by atoms with van der Waals surface area (Å²) in [5.74, 6) is 1.09. The third-order valence-corrected chi connectivity index (χ3v) is 3.93. The Hall–Kier alpha value is -1.47. The van der Waals surface area contributed by atoms with Crippen LogP contribution in [0, 0.1) is 31.1 Å². The molecule has 0 aliphatic carbocycles. The normalized spacial score (nSPS) is 23.9. The van der Waals surface area contributed by atoms with Crippen molar-refractivity contribution in [3.05, 3.63) is 16.8 Å². The lowest BCUT2D eigenvalue weighted by Gasteiger charge is -2.17. The van der Waals surface area contributed by atoms with Gasteiger partial charge in [-0.05, 0) is 32.8 Å². The second-order valence-electron chi connectivity index (χ2n) is 4.82. The van der Waals surface area contributed by atoms with Crippen molar-refractivity contribution in [3.8, 4) is 6.07 Å². The lowest BCUT2D eigenvalue weighted by molar-refractivity contribution is 0.102. The SMILES string of the molecule is Cc1c(C#N)c(N)n(CC2CCOC2C)c1C. The van der Waals surface area contributed by atoms with Gasteiger partial charge in [0.25, 0.3) is 0 Å². The van der Waals surface area contributed by atoms with Crippen LogP contribution in [0.5, 0.6) is 0 Å². The Kier molecular flexibility index (Phi) is 3.12. The molecule has 2 N–H and O–H groups in total. The summed E-state index contributed by atoms with van der Waals surface area (Å²) in [5, 5.41) is 9.08. The van der Waals surface area contributed by atoms with E-state index >= 15 is 0 Å². The second-order valence-corrected chi connectivity index (χ2v) is 4.82. The molecule has 1 aromatic rings. The fourth-order valence-corrected chi connectivity index (χ4v) is 2.52. The molecule has 1 aliphatic rings. The van der Waals surface area contributed by atoms with E-state index in [4.69, 9.17) is 15.7 Å².